The first-order valence-corrected chi connectivity index (χ1v) is 3.26. The number of hydrogen-bond acceptors (Lipinski definition) is 2. The van der Waals surface area contributed by atoms with Crippen molar-refractivity contribution in [3.8, 4) is 0 Å². The molecular weight excluding hydrogens is 128 g/mol. The van der Waals surface area contributed by atoms with Gasteiger partial charge in [-0.1, -0.05) is 0 Å². The highest BCUT2D eigenvalue weighted by Gasteiger charge is 2.09. The van der Waals surface area contributed by atoms with Crippen LogP contribution in [0.1, 0.15) is 27.7 Å². The van der Waals surface area contributed by atoms with Crippen molar-refractivity contribution in [2.45, 2.75) is 33.3 Å². The zero-order valence-corrected chi connectivity index (χ0v) is 6.93. The summed E-state index contributed by atoms with van der Waals surface area (Å²) in [6, 6.07) is 0. The molecular formula is C8H14O2. The largest absolute Gasteiger partial charge is 0.386 e. The molecule has 0 amide bonds. The summed E-state index contributed by atoms with van der Waals surface area (Å²) in [5, 5.41) is 9.21. The molecule has 0 saturated carbocycles. The van der Waals surface area contributed by atoms with Gasteiger partial charge in [0.1, 0.15) is 0 Å². The molecule has 0 bridgehead atoms. The molecule has 0 aromatic rings. The van der Waals surface area contributed by atoms with Crippen LogP contribution in [0.5, 0.6) is 0 Å². The molecule has 1 N–H and O–H groups in total. The van der Waals surface area contributed by atoms with Gasteiger partial charge in [-0.3, -0.25) is 4.79 Å². The van der Waals surface area contributed by atoms with Gasteiger partial charge in [0.05, 0.1) is 5.60 Å². The van der Waals surface area contributed by atoms with Crippen molar-refractivity contribution in [2.24, 2.45) is 0 Å². The van der Waals surface area contributed by atoms with Crippen LogP contribution in [0.3, 0.4) is 0 Å². The van der Waals surface area contributed by atoms with Gasteiger partial charge in [0.15, 0.2) is 5.78 Å². The third-order valence-corrected chi connectivity index (χ3v) is 1.13. The number of allylic oxidation sites excluding steroid dienone is 1. The number of Topliss-reactive ketones (excluding diaryl/α,β-unsaturated/α-hetero) is 1. The van der Waals surface area contributed by atoms with Gasteiger partial charge in [0.25, 0.3) is 0 Å². The van der Waals surface area contributed by atoms with Gasteiger partial charge in [-0.2, -0.15) is 0 Å². The minimum atomic E-state index is -0.879. The Morgan fingerprint density at radius 3 is 1.90 bits per heavy atom. The molecule has 2 heteroatoms. The van der Waals surface area contributed by atoms with Crippen molar-refractivity contribution >= 4 is 5.78 Å². The Morgan fingerprint density at radius 1 is 1.40 bits per heavy atom. The van der Waals surface area contributed by atoms with Crippen LogP contribution in [0.15, 0.2) is 11.6 Å². The van der Waals surface area contributed by atoms with E-state index in [1.807, 2.05) is 0 Å². The quantitative estimate of drug-likeness (QED) is 0.590. The number of ketones is 1. The molecule has 0 rings (SSSR count). The van der Waals surface area contributed by atoms with Crippen molar-refractivity contribution in [3.63, 3.8) is 0 Å². The summed E-state index contributed by atoms with van der Waals surface area (Å²) in [5.74, 6) is 0.00197. The summed E-state index contributed by atoms with van der Waals surface area (Å²) in [6.45, 7) is 6.46. The maximum atomic E-state index is 10.6. The van der Waals surface area contributed by atoms with Gasteiger partial charge in [-0.25, -0.2) is 0 Å². The monoisotopic (exact) mass is 142 g/mol. The molecule has 10 heavy (non-hydrogen) atoms. The molecule has 0 atom stereocenters. The second-order valence-electron chi connectivity index (χ2n) is 3.04. The summed E-state index contributed by atoms with van der Waals surface area (Å²) >= 11 is 0. The van der Waals surface area contributed by atoms with E-state index in [-0.39, 0.29) is 5.78 Å². The van der Waals surface area contributed by atoms with Gasteiger partial charge < -0.3 is 5.11 Å². The van der Waals surface area contributed by atoms with Gasteiger partial charge in [0.2, 0.25) is 0 Å². The maximum Gasteiger partial charge on any atom is 0.155 e. The molecule has 0 aliphatic heterocycles. The molecule has 0 unspecified atom stereocenters. The zero-order valence-electron chi connectivity index (χ0n) is 6.93. The first-order valence-electron chi connectivity index (χ1n) is 3.26. The van der Waals surface area contributed by atoms with E-state index in [1.54, 1.807) is 26.8 Å². The Balaban J connectivity index is 4.32. The first-order chi connectivity index (χ1) is 4.33. The lowest BCUT2D eigenvalue weighted by Crippen LogP contribution is -2.15. The zero-order chi connectivity index (χ0) is 8.36. The van der Waals surface area contributed by atoms with E-state index in [0.29, 0.717) is 5.57 Å². The maximum absolute atomic E-state index is 10.6. The summed E-state index contributed by atoms with van der Waals surface area (Å²) in [6.07, 6.45) is 1.55. The molecule has 0 aromatic carbocycles. The smallest absolute Gasteiger partial charge is 0.155 e. The average molecular weight is 142 g/mol. The van der Waals surface area contributed by atoms with E-state index in [4.69, 9.17) is 0 Å². The Labute approximate surface area is 61.6 Å². The van der Waals surface area contributed by atoms with E-state index in [1.165, 1.54) is 6.92 Å². The number of hydrogen-bond donors (Lipinski definition) is 1. The SMILES string of the molecule is CC(=O)/C(C)=C/C(C)(C)O. The van der Waals surface area contributed by atoms with E-state index >= 15 is 0 Å². The molecule has 0 spiro atoms. The summed E-state index contributed by atoms with van der Waals surface area (Å²) < 4.78 is 0. The van der Waals surface area contributed by atoms with E-state index in [9.17, 15) is 9.90 Å². The normalized spacial score (nSPS) is 13.5. The van der Waals surface area contributed by atoms with Crippen LogP contribution in [-0.4, -0.2) is 16.5 Å². The lowest BCUT2D eigenvalue weighted by atomic mass is 10.0. The minimum Gasteiger partial charge on any atom is -0.386 e. The molecule has 0 aliphatic rings. The van der Waals surface area contributed by atoms with Gasteiger partial charge >= 0.3 is 0 Å². The van der Waals surface area contributed by atoms with Gasteiger partial charge in [-0.15, -0.1) is 0 Å². The van der Waals surface area contributed by atoms with Crippen LogP contribution in [0.2, 0.25) is 0 Å². The molecule has 0 fully saturated rings. The molecule has 2 nitrogen and oxygen atoms in total. The van der Waals surface area contributed by atoms with Crippen molar-refractivity contribution in [1.82, 2.24) is 0 Å². The standard InChI is InChI=1S/C8H14O2/c1-6(7(2)9)5-8(3,4)10/h5,10H,1-4H3/b6-5+. The fourth-order valence-electron chi connectivity index (χ4n) is 0.631. The number of rotatable bonds is 2. The highest BCUT2D eigenvalue weighted by Crippen LogP contribution is 2.07. The van der Waals surface area contributed by atoms with Crippen molar-refractivity contribution in [3.05, 3.63) is 11.6 Å². The highest BCUT2D eigenvalue weighted by atomic mass is 16.3. The first kappa shape index (κ1) is 9.37. The van der Waals surface area contributed by atoms with E-state index < -0.39 is 5.60 Å². The predicted octanol–water partition coefficient (Wildman–Crippen LogP) is 1.29. The molecule has 0 radical (unpaired) electrons. The Kier molecular flexibility index (Phi) is 2.78. The minimum absolute atomic E-state index is 0.00197. The average Bonchev–Trinajstić information content (AvgIpc) is 1.60. The summed E-state index contributed by atoms with van der Waals surface area (Å²) in [5.41, 5.74) is -0.275. The Morgan fingerprint density at radius 2 is 1.80 bits per heavy atom. The van der Waals surface area contributed by atoms with Crippen LogP contribution >= 0.6 is 0 Å². The third-order valence-electron chi connectivity index (χ3n) is 1.13. The second-order valence-corrected chi connectivity index (χ2v) is 3.04. The van der Waals surface area contributed by atoms with E-state index in [0.717, 1.165) is 0 Å². The number of carbonyl (C=O) groups is 1. The summed E-state index contributed by atoms with van der Waals surface area (Å²) in [7, 11) is 0. The number of carbonyl (C=O) groups excluding carboxylic acids is 1. The van der Waals surface area contributed by atoms with Crippen LogP contribution < -0.4 is 0 Å². The van der Waals surface area contributed by atoms with Gasteiger partial charge in [-0.05, 0) is 39.3 Å². The van der Waals surface area contributed by atoms with Crippen molar-refractivity contribution in [2.75, 3.05) is 0 Å². The molecule has 0 heterocycles. The fraction of sp³-hybridized carbons (Fsp3) is 0.625. The predicted molar refractivity (Wildman–Crippen MR) is 40.7 cm³/mol. The van der Waals surface area contributed by atoms with Crippen LogP contribution in [0.25, 0.3) is 0 Å². The number of aliphatic hydroxyl groups is 1. The van der Waals surface area contributed by atoms with Crippen LogP contribution in [-0.2, 0) is 4.79 Å². The Hall–Kier alpha value is -0.630. The topological polar surface area (TPSA) is 37.3 Å². The second kappa shape index (κ2) is 2.97. The van der Waals surface area contributed by atoms with Crippen molar-refractivity contribution < 1.29 is 9.90 Å². The third kappa shape index (κ3) is 4.27. The lowest BCUT2D eigenvalue weighted by Gasteiger charge is -2.11. The van der Waals surface area contributed by atoms with Crippen molar-refractivity contribution in [1.29, 1.82) is 0 Å². The van der Waals surface area contributed by atoms with Crippen LogP contribution in [0, 0.1) is 0 Å². The fourth-order valence-corrected chi connectivity index (χ4v) is 0.631. The lowest BCUT2D eigenvalue weighted by molar-refractivity contribution is -0.113. The highest BCUT2D eigenvalue weighted by molar-refractivity contribution is 5.92. The molecule has 0 aliphatic carbocycles. The van der Waals surface area contributed by atoms with Gasteiger partial charge in [0, 0.05) is 0 Å². The molecule has 58 valence electrons. The molecule has 0 saturated heterocycles. The Bertz CT molecular complexity index is 161. The summed E-state index contributed by atoms with van der Waals surface area (Å²) in [4.78, 5) is 10.6. The van der Waals surface area contributed by atoms with Crippen LogP contribution in [0.4, 0.5) is 0 Å². The van der Waals surface area contributed by atoms with E-state index in [2.05, 4.69) is 0 Å². The molecule has 0 aromatic heterocycles.